The third-order valence-corrected chi connectivity index (χ3v) is 2.84. The molecular formula is C12H19NO. The first-order chi connectivity index (χ1) is 6.59. The summed E-state index contributed by atoms with van der Waals surface area (Å²) in [5, 5.41) is 0. The molecule has 0 saturated carbocycles. The molecule has 1 saturated heterocycles. The Bertz CT molecular complexity index is 334. The van der Waals surface area contributed by atoms with Gasteiger partial charge in [-0.05, 0) is 25.8 Å². The molecule has 1 aromatic rings. The molecule has 1 aromatic heterocycles. The summed E-state index contributed by atoms with van der Waals surface area (Å²) in [6, 6.07) is 2.27. The van der Waals surface area contributed by atoms with Crippen LogP contribution >= 0.6 is 0 Å². The Labute approximate surface area is 85.9 Å². The number of rotatable bonds is 3. The van der Waals surface area contributed by atoms with Gasteiger partial charge in [0.25, 0.3) is 0 Å². The number of ether oxygens (including phenoxy) is 1. The van der Waals surface area contributed by atoms with Gasteiger partial charge >= 0.3 is 0 Å². The normalized spacial score (nSPS) is 20.5. The van der Waals surface area contributed by atoms with E-state index in [9.17, 15) is 0 Å². The van der Waals surface area contributed by atoms with Crippen LogP contribution < -0.4 is 0 Å². The minimum Gasteiger partial charge on any atom is -0.368 e. The van der Waals surface area contributed by atoms with Crippen molar-refractivity contribution in [1.82, 2.24) is 4.57 Å². The van der Waals surface area contributed by atoms with Gasteiger partial charge in [0.2, 0.25) is 0 Å². The second-order valence-corrected chi connectivity index (χ2v) is 4.65. The molecule has 78 valence electrons. The topological polar surface area (TPSA) is 17.5 Å². The monoisotopic (exact) mass is 193 g/mol. The number of hydrogen-bond donors (Lipinski definition) is 0. The van der Waals surface area contributed by atoms with Crippen LogP contribution in [-0.2, 0) is 11.3 Å². The summed E-state index contributed by atoms with van der Waals surface area (Å²) in [5.74, 6) is 0.702. The highest BCUT2D eigenvalue weighted by molar-refractivity contribution is 5.30. The third-order valence-electron chi connectivity index (χ3n) is 2.84. The first-order valence-electron chi connectivity index (χ1n) is 5.38. The van der Waals surface area contributed by atoms with Crippen molar-refractivity contribution in [3.05, 3.63) is 23.0 Å². The van der Waals surface area contributed by atoms with Crippen LogP contribution in [0.2, 0.25) is 0 Å². The molecule has 0 aromatic carbocycles. The van der Waals surface area contributed by atoms with Crippen LogP contribution in [0.3, 0.4) is 0 Å². The third kappa shape index (κ3) is 1.71. The molecule has 1 aliphatic rings. The molecule has 1 fully saturated rings. The molecule has 0 unspecified atom stereocenters. The lowest BCUT2D eigenvalue weighted by atomic mass is 10.2. The first kappa shape index (κ1) is 9.78. The maximum Gasteiger partial charge on any atom is 0.108 e. The van der Waals surface area contributed by atoms with Gasteiger partial charge in [0.15, 0.2) is 0 Å². The van der Waals surface area contributed by atoms with Gasteiger partial charge in [-0.1, -0.05) is 13.8 Å². The number of epoxide rings is 1. The summed E-state index contributed by atoms with van der Waals surface area (Å²) in [4.78, 5) is 0. The van der Waals surface area contributed by atoms with E-state index in [2.05, 4.69) is 38.3 Å². The molecule has 0 radical (unpaired) electrons. The van der Waals surface area contributed by atoms with Gasteiger partial charge < -0.3 is 9.30 Å². The number of aromatic nitrogens is 1. The fourth-order valence-electron chi connectivity index (χ4n) is 2.03. The van der Waals surface area contributed by atoms with Gasteiger partial charge in [-0.25, -0.2) is 0 Å². The van der Waals surface area contributed by atoms with E-state index in [-0.39, 0.29) is 0 Å². The zero-order valence-corrected chi connectivity index (χ0v) is 9.50. The quantitative estimate of drug-likeness (QED) is 0.675. The van der Waals surface area contributed by atoms with E-state index >= 15 is 0 Å². The van der Waals surface area contributed by atoms with Crippen molar-refractivity contribution in [2.24, 2.45) is 5.92 Å². The van der Waals surface area contributed by atoms with Gasteiger partial charge in [-0.15, -0.1) is 0 Å². The van der Waals surface area contributed by atoms with Crippen molar-refractivity contribution in [3.63, 3.8) is 0 Å². The molecule has 2 heteroatoms. The second-order valence-electron chi connectivity index (χ2n) is 4.65. The van der Waals surface area contributed by atoms with Crippen LogP contribution in [0.4, 0.5) is 0 Å². The lowest BCUT2D eigenvalue weighted by molar-refractivity contribution is 0.414. The molecule has 2 heterocycles. The highest BCUT2D eigenvalue weighted by Crippen LogP contribution is 2.34. The van der Waals surface area contributed by atoms with E-state index in [0.29, 0.717) is 12.0 Å². The SMILES string of the molecule is Cc1cc([C@@H]2CO2)c(C)n1CC(C)C. The molecule has 14 heavy (non-hydrogen) atoms. The fraction of sp³-hybridized carbons (Fsp3) is 0.667. The summed E-state index contributed by atoms with van der Waals surface area (Å²) >= 11 is 0. The molecule has 0 spiro atoms. The number of aryl methyl sites for hydroxylation is 1. The summed E-state index contributed by atoms with van der Waals surface area (Å²) < 4.78 is 7.74. The smallest absolute Gasteiger partial charge is 0.108 e. The zero-order valence-electron chi connectivity index (χ0n) is 9.50. The van der Waals surface area contributed by atoms with Crippen molar-refractivity contribution >= 4 is 0 Å². The molecule has 0 aliphatic carbocycles. The van der Waals surface area contributed by atoms with Crippen LogP contribution in [0, 0.1) is 19.8 Å². The Morgan fingerprint density at radius 3 is 2.64 bits per heavy atom. The van der Waals surface area contributed by atoms with Crippen LogP contribution in [-0.4, -0.2) is 11.2 Å². The van der Waals surface area contributed by atoms with Crippen LogP contribution in [0.1, 0.15) is 36.9 Å². The highest BCUT2D eigenvalue weighted by atomic mass is 16.6. The summed E-state index contributed by atoms with van der Waals surface area (Å²) in [6.07, 6.45) is 0.391. The Kier molecular flexibility index (Phi) is 2.40. The maximum absolute atomic E-state index is 5.34. The standard InChI is InChI=1S/C12H19NO/c1-8(2)6-13-9(3)5-11(10(13)4)12-7-14-12/h5,8,12H,6-7H2,1-4H3/t12-/m0/s1. The molecule has 0 N–H and O–H groups in total. The molecule has 0 bridgehead atoms. The highest BCUT2D eigenvalue weighted by Gasteiger charge is 2.28. The average Bonchev–Trinajstić information content (AvgIpc) is 2.88. The summed E-state index contributed by atoms with van der Waals surface area (Å²) in [7, 11) is 0. The Balaban J connectivity index is 2.29. The Morgan fingerprint density at radius 1 is 1.50 bits per heavy atom. The number of nitrogens with zero attached hydrogens (tertiary/aromatic N) is 1. The van der Waals surface area contributed by atoms with Crippen LogP contribution in [0.15, 0.2) is 6.07 Å². The molecule has 2 nitrogen and oxygen atoms in total. The van der Waals surface area contributed by atoms with E-state index in [0.717, 1.165) is 13.2 Å². The first-order valence-corrected chi connectivity index (χ1v) is 5.38. The predicted molar refractivity (Wildman–Crippen MR) is 57.4 cm³/mol. The van der Waals surface area contributed by atoms with Gasteiger partial charge in [0.05, 0.1) is 6.61 Å². The maximum atomic E-state index is 5.34. The minimum absolute atomic E-state index is 0.391. The van der Waals surface area contributed by atoms with Crippen molar-refractivity contribution in [1.29, 1.82) is 0 Å². The van der Waals surface area contributed by atoms with Crippen molar-refractivity contribution < 1.29 is 4.74 Å². The Hall–Kier alpha value is -0.760. The van der Waals surface area contributed by atoms with Gasteiger partial charge in [0.1, 0.15) is 6.10 Å². The molecule has 1 aliphatic heterocycles. The largest absolute Gasteiger partial charge is 0.368 e. The second kappa shape index (κ2) is 3.43. The van der Waals surface area contributed by atoms with Crippen LogP contribution in [0.5, 0.6) is 0 Å². The zero-order chi connectivity index (χ0) is 10.3. The Morgan fingerprint density at radius 2 is 2.14 bits per heavy atom. The van der Waals surface area contributed by atoms with Crippen LogP contribution in [0.25, 0.3) is 0 Å². The molecular weight excluding hydrogens is 174 g/mol. The molecule has 2 rings (SSSR count). The van der Waals surface area contributed by atoms with E-state index in [1.807, 2.05) is 0 Å². The number of hydrogen-bond acceptors (Lipinski definition) is 1. The summed E-state index contributed by atoms with van der Waals surface area (Å²) in [5.41, 5.74) is 4.14. The van der Waals surface area contributed by atoms with Gasteiger partial charge in [-0.3, -0.25) is 0 Å². The average molecular weight is 193 g/mol. The minimum atomic E-state index is 0.391. The predicted octanol–water partition coefficient (Wildman–Crippen LogP) is 2.83. The van der Waals surface area contributed by atoms with Crippen molar-refractivity contribution in [2.45, 2.75) is 40.3 Å². The van der Waals surface area contributed by atoms with Gasteiger partial charge in [0, 0.05) is 23.5 Å². The summed E-state index contributed by atoms with van der Waals surface area (Å²) in [6.45, 7) is 10.9. The van der Waals surface area contributed by atoms with E-state index in [1.54, 1.807) is 0 Å². The molecule has 0 amide bonds. The lowest BCUT2D eigenvalue weighted by Crippen LogP contribution is -2.07. The lowest BCUT2D eigenvalue weighted by Gasteiger charge is -2.12. The van der Waals surface area contributed by atoms with E-state index < -0.39 is 0 Å². The molecule has 1 atom stereocenters. The van der Waals surface area contributed by atoms with Crippen molar-refractivity contribution in [2.75, 3.05) is 6.61 Å². The van der Waals surface area contributed by atoms with Gasteiger partial charge in [-0.2, -0.15) is 0 Å². The van der Waals surface area contributed by atoms with Crippen molar-refractivity contribution in [3.8, 4) is 0 Å². The fourth-order valence-corrected chi connectivity index (χ4v) is 2.03. The van der Waals surface area contributed by atoms with E-state index in [4.69, 9.17) is 4.74 Å². The van der Waals surface area contributed by atoms with E-state index in [1.165, 1.54) is 17.0 Å².